The molecule has 0 amide bonds. The van der Waals surface area contributed by atoms with Gasteiger partial charge in [0.05, 0.1) is 10.7 Å². The predicted octanol–water partition coefficient (Wildman–Crippen LogP) is 3.87. The maximum Gasteiger partial charge on any atom is 0.166 e. The fourth-order valence-corrected chi connectivity index (χ4v) is 1.60. The smallest absolute Gasteiger partial charge is 0.166 e. The van der Waals surface area contributed by atoms with Crippen LogP contribution in [0.3, 0.4) is 0 Å². The van der Waals surface area contributed by atoms with Gasteiger partial charge in [-0.3, -0.25) is 0 Å². The number of hydrogen-bond donors (Lipinski definition) is 1. The third kappa shape index (κ3) is 1.86. The van der Waals surface area contributed by atoms with Crippen molar-refractivity contribution in [3.8, 4) is 11.1 Å². The summed E-state index contributed by atoms with van der Waals surface area (Å²) in [5.74, 6) is -1.77. The van der Waals surface area contributed by atoms with Gasteiger partial charge in [0, 0.05) is 5.56 Å². The molecule has 0 aliphatic carbocycles. The van der Waals surface area contributed by atoms with E-state index in [2.05, 4.69) is 0 Å². The first-order valence-electron chi connectivity index (χ1n) is 4.59. The molecule has 0 aromatic heterocycles. The minimum absolute atomic E-state index is 0.168. The maximum absolute atomic E-state index is 13.5. The summed E-state index contributed by atoms with van der Waals surface area (Å²) in [6.45, 7) is 0. The van der Waals surface area contributed by atoms with Gasteiger partial charge in [0.15, 0.2) is 11.6 Å². The van der Waals surface area contributed by atoms with Gasteiger partial charge >= 0.3 is 0 Å². The van der Waals surface area contributed by atoms with Gasteiger partial charge in [-0.05, 0) is 23.8 Å². The van der Waals surface area contributed by atoms with E-state index in [0.29, 0.717) is 16.3 Å². The number of anilines is 1. The molecule has 16 heavy (non-hydrogen) atoms. The highest BCUT2D eigenvalue weighted by Gasteiger charge is 2.10. The largest absolute Gasteiger partial charge is 0.398 e. The lowest BCUT2D eigenvalue weighted by Crippen LogP contribution is -1.91. The fourth-order valence-electron chi connectivity index (χ4n) is 1.42. The Hall–Kier alpha value is -1.61. The first kappa shape index (κ1) is 10.9. The first-order chi connectivity index (χ1) is 7.59. The summed E-state index contributed by atoms with van der Waals surface area (Å²) < 4.78 is 26.5. The van der Waals surface area contributed by atoms with Crippen molar-refractivity contribution in [2.24, 2.45) is 0 Å². The molecule has 4 heteroatoms. The van der Waals surface area contributed by atoms with Crippen molar-refractivity contribution in [1.29, 1.82) is 0 Å². The second-order valence-corrected chi connectivity index (χ2v) is 3.74. The van der Waals surface area contributed by atoms with Crippen molar-refractivity contribution in [3.05, 3.63) is 53.1 Å². The van der Waals surface area contributed by atoms with Crippen molar-refractivity contribution < 1.29 is 8.78 Å². The molecule has 2 aromatic carbocycles. The molecule has 0 atom stereocenters. The molecule has 1 nitrogen and oxygen atoms in total. The molecule has 82 valence electrons. The number of nitrogens with two attached hydrogens (primary N) is 1. The van der Waals surface area contributed by atoms with Crippen LogP contribution in [0.15, 0.2) is 36.4 Å². The van der Waals surface area contributed by atoms with Gasteiger partial charge in [0.25, 0.3) is 0 Å². The zero-order valence-electron chi connectivity index (χ0n) is 8.18. The van der Waals surface area contributed by atoms with Crippen LogP contribution in [-0.2, 0) is 0 Å². The molecule has 0 saturated carbocycles. The SMILES string of the molecule is Nc1ccc(-c2cccc(F)c2F)cc1Cl. The zero-order valence-corrected chi connectivity index (χ0v) is 8.93. The van der Waals surface area contributed by atoms with E-state index in [-0.39, 0.29) is 5.56 Å². The third-order valence-corrected chi connectivity index (χ3v) is 2.59. The summed E-state index contributed by atoms with van der Waals surface area (Å²) in [5, 5.41) is 0.321. The molecule has 0 saturated heterocycles. The summed E-state index contributed by atoms with van der Waals surface area (Å²) >= 11 is 5.81. The molecule has 2 rings (SSSR count). The predicted molar refractivity (Wildman–Crippen MR) is 61.2 cm³/mol. The molecule has 0 aliphatic rings. The van der Waals surface area contributed by atoms with Crippen LogP contribution in [0.1, 0.15) is 0 Å². The summed E-state index contributed by atoms with van der Waals surface area (Å²) in [4.78, 5) is 0. The Morgan fingerprint density at radius 1 is 1.06 bits per heavy atom. The number of hydrogen-bond acceptors (Lipinski definition) is 1. The monoisotopic (exact) mass is 239 g/mol. The Balaban J connectivity index is 2.59. The van der Waals surface area contributed by atoms with E-state index in [4.69, 9.17) is 17.3 Å². The van der Waals surface area contributed by atoms with Gasteiger partial charge in [0.1, 0.15) is 0 Å². The minimum atomic E-state index is -0.886. The highest BCUT2D eigenvalue weighted by Crippen LogP contribution is 2.29. The topological polar surface area (TPSA) is 26.0 Å². The summed E-state index contributed by atoms with van der Waals surface area (Å²) in [5.41, 5.74) is 6.60. The van der Waals surface area contributed by atoms with Crippen molar-refractivity contribution in [2.75, 3.05) is 5.73 Å². The highest BCUT2D eigenvalue weighted by atomic mass is 35.5. The van der Waals surface area contributed by atoms with E-state index in [1.54, 1.807) is 12.1 Å². The van der Waals surface area contributed by atoms with Crippen LogP contribution in [0.2, 0.25) is 5.02 Å². The summed E-state index contributed by atoms with van der Waals surface area (Å²) in [6, 6.07) is 8.66. The molecule has 2 N–H and O–H groups in total. The number of rotatable bonds is 1. The van der Waals surface area contributed by atoms with Gasteiger partial charge in [-0.1, -0.05) is 29.8 Å². The fraction of sp³-hybridized carbons (Fsp3) is 0. The molecule has 0 spiro atoms. The van der Waals surface area contributed by atoms with E-state index >= 15 is 0 Å². The lowest BCUT2D eigenvalue weighted by molar-refractivity contribution is 0.511. The van der Waals surface area contributed by atoms with Crippen molar-refractivity contribution in [3.63, 3.8) is 0 Å². The lowest BCUT2D eigenvalue weighted by atomic mass is 10.0. The average Bonchev–Trinajstić information content (AvgIpc) is 2.26. The second kappa shape index (κ2) is 4.10. The molecular formula is C12H8ClF2N. The van der Waals surface area contributed by atoms with E-state index < -0.39 is 11.6 Å². The Bertz CT molecular complexity index is 541. The molecule has 0 bridgehead atoms. The quantitative estimate of drug-likeness (QED) is 0.751. The second-order valence-electron chi connectivity index (χ2n) is 3.34. The molecule has 0 radical (unpaired) electrons. The Labute approximate surface area is 96.5 Å². The van der Waals surface area contributed by atoms with Gasteiger partial charge in [-0.15, -0.1) is 0 Å². The van der Waals surface area contributed by atoms with Crippen LogP contribution < -0.4 is 5.73 Å². The van der Waals surface area contributed by atoms with Crippen LogP contribution in [0.25, 0.3) is 11.1 Å². The normalized spacial score (nSPS) is 10.4. The standard InChI is InChI=1S/C12H8ClF2N/c13-9-6-7(4-5-11(9)16)8-2-1-3-10(14)12(8)15/h1-6H,16H2. The minimum Gasteiger partial charge on any atom is -0.398 e. The maximum atomic E-state index is 13.5. The van der Waals surface area contributed by atoms with Crippen molar-refractivity contribution in [2.45, 2.75) is 0 Å². The number of halogens is 3. The zero-order chi connectivity index (χ0) is 11.7. The van der Waals surface area contributed by atoms with Crippen molar-refractivity contribution >= 4 is 17.3 Å². The molecule has 0 heterocycles. The highest BCUT2D eigenvalue weighted by molar-refractivity contribution is 6.33. The number of benzene rings is 2. The molecule has 2 aromatic rings. The lowest BCUT2D eigenvalue weighted by Gasteiger charge is -2.05. The van der Waals surface area contributed by atoms with E-state index in [1.807, 2.05) is 0 Å². The summed E-state index contributed by atoms with van der Waals surface area (Å²) in [7, 11) is 0. The van der Waals surface area contributed by atoms with Crippen LogP contribution >= 0.6 is 11.6 Å². The van der Waals surface area contributed by atoms with Crippen molar-refractivity contribution in [1.82, 2.24) is 0 Å². The third-order valence-electron chi connectivity index (χ3n) is 2.26. The van der Waals surface area contributed by atoms with Gasteiger partial charge in [-0.25, -0.2) is 8.78 Å². The van der Waals surface area contributed by atoms with Crippen LogP contribution in [0, 0.1) is 11.6 Å². The Morgan fingerprint density at radius 2 is 1.81 bits per heavy atom. The van der Waals surface area contributed by atoms with E-state index in [0.717, 1.165) is 6.07 Å². The summed E-state index contributed by atoms with van der Waals surface area (Å²) in [6.07, 6.45) is 0. The van der Waals surface area contributed by atoms with Crippen LogP contribution in [-0.4, -0.2) is 0 Å². The molecule has 0 fully saturated rings. The molecule has 0 unspecified atom stereocenters. The average molecular weight is 240 g/mol. The van der Waals surface area contributed by atoms with Gasteiger partial charge in [-0.2, -0.15) is 0 Å². The Morgan fingerprint density at radius 3 is 2.50 bits per heavy atom. The van der Waals surface area contributed by atoms with Crippen LogP contribution in [0.5, 0.6) is 0 Å². The van der Waals surface area contributed by atoms with E-state index in [9.17, 15) is 8.78 Å². The number of nitrogen functional groups attached to an aromatic ring is 1. The molecular weight excluding hydrogens is 232 g/mol. The first-order valence-corrected chi connectivity index (χ1v) is 4.97. The van der Waals surface area contributed by atoms with Gasteiger partial charge < -0.3 is 5.73 Å². The molecule has 0 aliphatic heterocycles. The van der Waals surface area contributed by atoms with Gasteiger partial charge in [0.2, 0.25) is 0 Å². The Kier molecular flexibility index (Phi) is 2.79. The van der Waals surface area contributed by atoms with E-state index in [1.165, 1.54) is 18.2 Å². The van der Waals surface area contributed by atoms with Crippen LogP contribution in [0.4, 0.5) is 14.5 Å².